The predicted octanol–water partition coefficient (Wildman–Crippen LogP) is 7.10. The van der Waals surface area contributed by atoms with Gasteiger partial charge in [-0.1, -0.05) is 48.5 Å². The van der Waals surface area contributed by atoms with Gasteiger partial charge in [-0.3, -0.25) is 0 Å². The molecule has 3 aromatic carbocycles. The number of fused-ring (bicyclic) bond motifs is 1. The quantitative estimate of drug-likeness (QED) is 0.361. The van der Waals surface area contributed by atoms with Gasteiger partial charge in [0.15, 0.2) is 0 Å². The first-order chi connectivity index (χ1) is 14.4. The Morgan fingerprint density at radius 3 is 2.07 bits per heavy atom. The summed E-state index contributed by atoms with van der Waals surface area (Å²) in [7, 11) is 1.63. The van der Waals surface area contributed by atoms with E-state index in [1.54, 1.807) is 7.11 Å². The number of halogens is 3. The molecule has 0 atom stereocenters. The third kappa shape index (κ3) is 4.35. The van der Waals surface area contributed by atoms with Crippen molar-refractivity contribution in [3.05, 3.63) is 95.7 Å². The van der Waals surface area contributed by atoms with Crippen LogP contribution in [0.3, 0.4) is 0 Å². The summed E-state index contributed by atoms with van der Waals surface area (Å²) in [6.45, 7) is 0. The van der Waals surface area contributed by atoms with Crippen LogP contribution in [-0.4, -0.2) is 12.1 Å². The van der Waals surface area contributed by atoms with E-state index in [0.29, 0.717) is 0 Å². The Kier molecular flexibility index (Phi) is 5.27. The zero-order chi connectivity index (χ0) is 21.1. The maximum atomic E-state index is 12.7. The third-order valence-electron chi connectivity index (χ3n) is 4.82. The maximum Gasteiger partial charge on any atom is 0.416 e. The fourth-order valence-corrected chi connectivity index (χ4v) is 3.16. The molecule has 0 spiro atoms. The zero-order valence-electron chi connectivity index (χ0n) is 16.1. The van der Waals surface area contributed by atoms with E-state index in [1.165, 1.54) is 12.1 Å². The molecule has 0 unspecified atom stereocenters. The number of ether oxygens (including phenoxy) is 1. The molecule has 0 aliphatic carbocycles. The van der Waals surface area contributed by atoms with Crippen molar-refractivity contribution in [3.8, 4) is 16.9 Å². The molecule has 0 radical (unpaired) electrons. The first-order valence-electron chi connectivity index (χ1n) is 9.33. The second-order valence-electron chi connectivity index (χ2n) is 6.83. The summed E-state index contributed by atoms with van der Waals surface area (Å²) in [6.07, 6.45) is -0.443. The Labute approximate surface area is 172 Å². The first kappa shape index (κ1) is 19.7. The van der Waals surface area contributed by atoms with Crippen LogP contribution in [0, 0.1) is 0 Å². The molecule has 4 aromatic rings. The number of rotatable bonds is 4. The average molecular weight is 405 g/mol. The van der Waals surface area contributed by atoms with Crippen LogP contribution in [0.4, 0.5) is 13.2 Å². The minimum Gasteiger partial charge on any atom is -0.497 e. The van der Waals surface area contributed by atoms with Crippen molar-refractivity contribution in [2.24, 2.45) is 0 Å². The van der Waals surface area contributed by atoms with E-state index >= 15 is 0 Å². The first-order valence-corrected chi connectivity index (χ1v) is 9.33. The van der Waals surface area contributed by atoms with Crippen LogP contribution in [0.1, 0.15) is 16.8 Å². The fourth-order valence-electron chi connectivity index (χ4n) is 3.16. The van der Waals surface area contributed by atoms with E-state index in [1.807, 2.05) is 66.7 Å². The number of methoxy groups -OCH3 is 1. The molecule has 0 N–H and O–H groups in total. The largest absolute Gasteiger partial charge is 0.497 e. The van der Waals surface area contributed by atoms with Crippen molar-refractivity contribution in [2.75, 3.05) is 7.11 Å². The molecule has 0 fully saturated rings. The highest BCUT2D eigenvalue weighted by Gasteiger charge is 2.29. The molecule has 0 aliphatic rings. The highest BCUT2D eigenvalue weighted by atomic mass is 19.4. The summed E-state index contributed by atoms with van der Waals surface area (Å²) in [5.74, 6) is 0.792. The molecule has 1 aromatic heterocycles. The summed E-state index contributed by atoms with van der Waals surface area (Å²) in [5, 5.41) is 1.01. The molecule has 5 heteroatoms. The van der Waals surface area contributed by atoms with Crippen LogP contribution in [0.15, 0.2) is 78.9 Å². The van der Waals surface area contributed by atoms with Gasteiger partial charge in [-0.25, -0.2) is 4.98 Å². The van der Waals surface area contributed by atoms with Crippen molar-refractivity contribution in [2.45, 2.75) is 6.18 Å². The Morgan fingerprint density at radius 1 is 0.767 bits per heavy atom. The number of benzene rings is 3. The second-order valence-corrected chi connectivity index (χ2v) is 6.83. The lowest BCUT2D eigenvalue weighted by atomic mass is 10.0. The van der Waals surface area contributed by atoms with Crippen molar-refractivity contribution >= 4 is 23.1 Å². The number of alkyl halides is 3. The van der Waals surface area contributed by atoms with Gasteiger partial charge < -0.3 is 4.74 Å². The Bertz CT molecular complexity index is 1190. The molecule has 0 saturated heterocycles. The minimum absolute atomic E-state index is 0.646. The second kappa shape index (κ2) is 8.03. The highest BCUT2D eigenvalue weighted by Crippen LogP contribution is 2.31. The average Bonchev–Trinajstić information content (AvgIpc) is 2.77. The van der Waals surface area contributed by atoms with Gasteiger partial charge in [-0.15, -0.1) is 0 Å². The van der Waals surface area contributed by atoms with Gasteiger partial charge in [-0.2, -0.15) is 13.2 Å². The van der Waals surface area contributed by atoms with E-state index in [0.717, 1.165) is 51.2 Å². The summed E-state index contributed by atoms with van der Waals surface area (Å²) in [6, 6.07) is 22.5. The van der Waals surface area contributed by atoms with Gasteiger partial charge >= 0.3 is 6.18 Å². The summed E-state index contributed by atoms with van der Waals surface area (Å²) in [5.41, 5.74) is 3.65. The van der Waals surface area contributed by atoms with Crippen molar-refractivity contribution in [3.63, 3.8) is 0 Å². The molecule has 0 amide bonds. The Hall–Kier alpha value is -3.60. The number of nitrogens with zero attached hydrogens (tertiary/aromatic N) is 1. The number of hydrogen-bond acceptors (Lipinski definition) is 2. The normalized spacial score (nSPS) is 11.9. The van der Waals surface area contributed by atoms with Crippen LogP contribution >= 0.6 is 0 Å². The van der Waals surface area contributed by atoms with Gasteiger partial charge in [0.2, 0.25) is 0 Å². The third-order valence-corrected chi connectivity index (χ3v) is 4.82. The Morgan fingerprint density at radius 2 is 1.43 bits per heavy atom. The van der Waals surface area contributed by atoms with E-state index < -0.39 is 11.7 Å². The summed E-state index contributed by atoms with van der Waals surface area (Å²) >= 11 is 0. The van der Waals surface area contributed by atoms with Crippen LogP contribution in [0.25, 0.3) is 34.2 Å². The molecule has 30 heavy (non-hydrogen) atoms. The monoisotopic (exact) mass is 405 g/mol. The molecule has 2 nitrogen and oxygen atoms in total. The zero-order valence-corrected chi connectivity index (χ0v) is 16.1. The molecule has 0 bridgehead atoms. The molecular weight excluding hydrogens is 387 g/mol. The summed E-state index contributed by atoms with van der Waals surface area (Å²) < 4.78 is 43.3. The van der Waals surface area contributed by atoms with Gasteiger partial charge in [0, 0.05) is 5.39 Å². The number of aromatic nitrogens is 1. The SMILES string of the molecule is COc1ccc2nc(/C=C/c3ccc(-c4ccc(C(F)(F)F)cc4)cc3)ccc2c1. The van der Waals surface area contributed by atoms with Crippen molar-refractivity contribution < 1.29 is 17.9 Å². The standard InChI is InChI=1S/C25H18F3NO/c1-30-23-14-15-24-20(16-23)9-13-22(29-24)12-4-17-2-5-18(6-3-17)19-7-10-21(11-8-19)25(26,27)28/h2-16H,1H3/b12-4+. The lowest BCUT2D eigenvalue weighted by Crippen LogP contribution is -2.03. The Balaban J connectivity index is 1.50. The van der Waals surface area contributed by atoms with E-state index in [9.17, 15) is 13.2 Å². The van der Waals surface area contributed by atoms with Gasteiger partial charge in [-0.05, 0) is 59.2 Å². The highest BCUT2D eigenvalue weighted by molar-refractivity contribution is 5.82. The molecular formula is C25H18F3NO. The minimum atomic E-state index is -4.32. The van der Waals surface area contributed by atoms with Crippen LogP contribution in [-0.2, 0) is 6.18 Å². The fraction of sp³-hybridized carbons (Fsp3) is 0.0800. The van der Waals surface area contributed by atoms with Gasteiger partial charge in [0.05, 0.1) is 23.9 Å². The lowest BCUT2D eigenvalue weighted by Gasteiger charge is -2.08. The smallest absolute Gasteiger partial charge is 0.416 e. The molecule has 4 rings (SSSR count). The maximum absolute atomic E-state index is 12.7. The summed E-state index contributed by atoms with van der Waals surface area (Å²) in [4.78, 5) is 4.62. The van der Waals surface area contributed by atoms with E-state index in [-0.39, 0.29) is 0 Å². The number of hydrogen-bond donors (Lipinski definition) is 0. The van der Waals surface area contributed by atoms with E-state index in [2.05, 4.69) is 4.98 Å². The van der Waals surface area contributed by atoms with Crippen molar-refractivity contribution in [1.82, 2.24) is 4.98 Å². The van der Waals surface area contributed by atoms with Gasteiger partial charge in [0.25, 0.3) is 0 Å². The van der Waals surface area contributed by atoms with Crippen LogP contribution in [0.2, 0.25) is 0 Å². The lowest BCUT2D eigenvalue weighted by molar-refractivity contribution is -0.137. The van der Waals surface area contributed by atoms with E-state index in [4.69, 9.17) is 4.74 Å². The number of pyridine rings is 1. The molecule has 0 aliphatic heterocycles. The predicted molar refractivity (Wildman–Crippen MR) is 114 cm³/mol. The van der Waals surface area contributed by atoms with Crippen LogP contribution in [0.5, 0.6) is 5.75 Å². The van der Waals surface area contributed by atoms with Crippen LogP contribution < -0.4 is 4.74 Å². The molecule has 1 heterocycles. The molecule has 150 valence electrons. The molecule has 0 saturated carbocycles. The van der Waals surface area contributed by atoms with Crippen molar-refractivity contribution in [1.29, 1.82) is 0 Å². The van der Waals surface area contributed by atoms with Gasteiger partial charge in [0.1, 0.15) is 5.75 Å². The topological polar surface area (TPSA) is 22.1 Å².